The van der Waals surface area contributed by atoms with E-state index in [2.05, 4.69) is 42.5 Å². The van der Waals surface area contributed by atoms with E-state index in [0.29, 0.717) is 0 Å². The number of nitrogens with zero attached hydrogens (tertiary/aromatic N) is 3. The topological polar surface area (TPSA) is 42.7 Å². The summed E-state index contributed by atoms with van der Waals surface area (Å²) in [5.41, 5.74) is 2.25. The lowest BCUT2D eigenvalue weighted by Crippen LogP contribution is -2.40. The molecule has 0 aliphatic heterocycles. The van der Waals surface area contributed by atoms with E-state index in [-0.39, 0.29) is 5.54 Å². The molecule has 0 atom stereocenters. The van der Waals surface area contributed by atoms with Crippen LogP contribution >= 0.6 is 0 Å². The van der Waals surface area contributed by atoms with Crippen LogP contribution in [0.25, 0.3) is 11.0 Å². The summed E-state index contributed by atoms with van der Waals surface area (Å²) in [7, 11) is 0. The standard InChI is InChI=1S/C13H20N4/c1-4-13(2,3)14-9-10-17-12-8-6-5-7-11(12)15-16-17/h5-8,14H,4,9-10H2,1-3H3. The lowest BCUT2D eigenvalue weighted by molar-refractivity contribution is 0.363. The van der Waals surface area contributed by atoms with Crippen LogP contribution in [0.5, 0.6) is 0 Å². The lowest BCUT2D eigenvalue weighted by atomic mass is 10.0. The largest absolute Gasteiger partial charge is 0.310 e. The van der Waals surface area contributed by atoms with Crippen molar-refractivity contribution in [2.45, 2.75) is 39.3 Å². The van der Waals surface area contributed by atoms with Crippen LogP contribution in [0.3, 0.4) is 0 Å². The van der Waals surface area contributed by atoms with Crippen molar-refractivity contribution < 1.29 is 0 Å². The molecule has 0 amide bonds. The van der Waals surface area contributed by atoms with E-state index < -0.39 is 0 Å². The first-order valence-corrected chi connectivity index (χ1v) is 6.16. The highest BCUT2D eigenvalue weighted by atomic mass is 15.4. The number of hydrogen-bond donors (Lipinski definition) is 1. The van der Waals surface area contributed by atoms with Gasteiger partial charge in [-0.3, -0.25) is 0 Å². The lowest BCUT2D eigenvalue weighted by Gasteiger charge is -2.24. The van der Waals surface area contributed by atoms with Crippen molar-refractivity contribution in [1.29, 1.82) is 0 Å². The highest BCUT2D eigenvalue weighted by Gasteiger charge is 2.13. The van der Waals surface area contributed by atoms with Gasteiger partial charge in [0.15, 0.2) is 0 Å². The van der Waals surface area contributed by atoms with Crippen molar-refractivity contribution in [2.75, 3.05) is 6.54 Å². The molecule has 1 aromatic heterocycles. The van der Waals surface area contributed by atoms with Crippen molar-refractivity contribution in [3.8, 4) is 0 Å². The second kappa shape index (κ2) is 4.84. The minimum absolute atomic E-state index is 0.191. The molecule has 0 fully saturated rings. The number of benzene rings is 1. The summed E-state index contributed by atoms with van der Waals surface area (Å²) in [6.07, 6.45) is 1.12. The Morgan fingerprint density at radius 2 is 2.06 bits per heavy atom. The van der Waals surface area contributed by atoms with E-state index in [0.717, 1.165) is 30.5 Å². The van der Waals surface area contributed by atoms with Crippen molar-refractivity contribution in [1.82, 2.24) is 20.3 Å². The van der Waals surface area contributed by atoms with Crippen LogP contribution in [0.15, 0.2) is 24.3 Å². The molecule has 4 heteroatoms. The van der Waals surface area contributed by atoms with E-state index in [1.807, 2.05) is 22.9 Å². The molecule has 0 saturated heterocycles. The second-order valence-electron chi connectivity index (χ2n) is 4.97. The quantitative estimate of drug-likeness (QED) is 0.859. The Balaban J connectivity index is 2.00. The zero-order valence-electron chi connectivity index (χ0n) is 10.8. The molecule has 92 valence electrons. The summed E-state index contributed by atoms with van der Waals surface area (Å²) in [5.74, 6) is 0. The molecule has 2 aromatic rings. The SMILES string of the molecule is CCC(C)(C)NCCn1nnc2ccccc21. The molecule has 0 radical (unpaired) electrons. The normalized spacial score (nSPS) is 12.2. The summed E-state index contributed by atoms with van der Waals surface area (Å²) >= 11 is 0. The van der Waals surface area contributed by atoms with Crippen LogP contribution in [0.4, 0.5) is 0 Å². The fourth-order valence-electron chi connectivity index (χ4n) is 1.71. The Morgan fingerprint density at radius 1 is 1.29 bits per heavy atom. The smallest absolute Gasteiger partial charge is 0.113 e. The van der Waals surface area contributed by atoms with Crippen molar-refractivity contribution >= 4 is 11.0 Å². The van der Waals surface area contributed by atoms with Crippen molar-refractivity contribution in [2.24, 2.45) is 0 Å². The third kappa shape index (κ3) is 2.82. The Morgan fingerprint density at radius 3 is 2.82 bits per heavy atom. The summed E-state index contributed by atoms with van der Waals surface area (Å²) in [5, 5.41) is 11.8. The number of fused-ring (bicyclic) bond motifs is 1. The highest BCUT2D eigenvalue weighted by Crippen LogP contribution is 2.10. The van der Waals surface area contributed by atoms with E-state index >= 15 is 0 Å². The minimum atomic E-state index is 0.191. The molecule has 0 bridgehead atoms. The van der Waals surface area contributed by atoms with E-state index in [1.165, 1.54) is 0 Å². The van der Waals surface area contributed by atoms with Gasteiger partial charge in [0.2, 0.25) is 0 Å². The third-order valence-electron chi connectivity index (χ3n) is 3.23. The van der Waals surface area contributed by atoms with Crippen LogP contribution in [0.2, 0.25) is 0 Å². The molecule has 1 aromatic carbocycles. The summed E-state index contributed by atoms with van der Waals surface area (Å²) < 4.78 is 1.95. The maximum Gasteiger partial charge on any atom is 0.113 e. The zero-order valence-corrected chi connectivity index (χ0v) is 10.8. The van der Waals surface area contributed by atoms with Gasteiger partial charge in [0.05, 0.1) is 12.1 Å². The number of aromatic nitrogens is 3. The van der Waals surface area contributed by atoms with Crippen LogP contribution in [-0.2, 0) is 6.54 Å². The molecular formula is C13H20N4. The molecule has 0 unspecified atom stereocenters. The van der Waals surface area contributed by atoms with Gasteiger partial charge in [0.1, 0.15) is 5.52 Å². The van der Waals surface area contributed by atoms with E-state index in [4.69, 9.17) is 0 Å². The first kappa shape index (κ1) is 12.0. The summed E-state index contributed by atoms with van der Waals surface area (Å²) in [6.45, 7) is 8.38. The molecular weight excluding hydrogens is 212 g/mol. The van der Waals surface area contributed by atoms with Crippen LogP contribution in [0.1, 0.15) is 27.2 Å². The van der Waals surface area contributed by atoms with E-state index in [9.17, 15) is 0 Å². The molecule has 0 aliphatic carbocycles. The minimum Gasteiger partial charge on any atom is -0.310 e. The molecule has 1 heterocycles. The first-order valence-electron chi connectivity index (χ1n) is 6.16. The monoisotopic (exact) mass is 232 g/mol. The fraction of sp³-hybridized carbons (Fsp3) is 0.538. The van der Waals surface area contributed by atoms with Crippen molar-refractivity contribution in [3.05, 3.63) is 24.3 Å². The summed E-state index contributed by atoms with van der Waals surface area (Å²) in [6, 6.07) is 8.05. The number of nitrogens with one attached hydrogen (secondary N) is 1. The maximum atomic E-state index is 4.17. The molecule has 2 rings (SSSR count). The number of hydrogen-bond acceptors (Lipinski definition) is 3. The Labute approximate surface area is 102 Å². The predicted molar refractivity (Wildman–Crippen MR) is 69.9 cm³/mol. The first-order chi connectivity index (χ1) is 8.12. The van der Waals surface area contributed by atoms with Gasteiger partial charge in [-0.15, -0.1) is 5.10 Å². The number of rotatable bonds is 5. The van der Waals surface area contributed by atoms with Gasteiger partial charge in [-0.1, -0.05) is 24.3 Å². The Kier molecular flexibility index (Phi) is 3.43. The van der Waals surface area contributed by atoms with Gasteiger partial charge < -0.3 is 5.32 Å². The highest BCUT2D eigenvalue weighted by molar-refractivity contribution is 5.73. The maximum absolute atomic E-state index is 4.17. The van der Waals surface area contributed by atoms with Gasteiger partial charge in [-0.25, -0.2) is 4.68 Å². The van der Waals surface area contributed by atoms with Gasteiger partial charge in [0.25, 0.3) is 0 Å². The van der Waals surface area contributed by atoms with Gasteiger partial charge in [-0.05, 0) is 32.4 Å². The van der Waals surface area contributed by atoms with Crippen LogP contribution < -0.4 is 5.32 Å². The molecule has 17 heavy (non-hydrogen) atoms. The summed E-state index contributed by atoms with van der Waals surface area (Å²) in [4.78, 5) is 0. The third-order valence-corrected chi connectivity index (χ3v) is 3.23. The molecule has 0 aliphatic rings. The molecule has 1 N–H and O–H groups in total. The Bertz CT molecular complexity index is 487. The fourth-order valence-corrected chi connectivity index (χ4v) is 1.71. The average Bonchev–Trinajstić information content (AvgIpc) is 2.73. The van der Waals surface area contributed by atoms with Gasteiger partial charge >= 0.3 is 0 Å². The van der Waals surface area contributed by atoms with E-state index in [1.54, 1.807) is 0 Å². The predicted octanol–water partition coefficient (Wildman–Crippen LogP) is 2.21. The average molecular weight is 232 g/mol. The second-order valence-corrected chi connectivity index (χ2v) is 4.97. The number of para-hydroxylation sites is 1. The van der Waals surface area contributed by atoms with Crippen LogP contribution in [-0.4, -0.2) is 27.1 Å². The molecule has 0 spiro atoms. The zero-order chi connectivity index (χ0) is 12.3. The van der Waals surface area contributed by atoms with Gasteiger partial charge in [-0.2, -0.15) is 0 Å². The van der Waals surface area contributed by atoms with Crippen molar-refractivity contribution in [3.63, 3.8) is 0 Å². The van der Waals surface area contributed by atoms with Gasteiger partial charge in [0, 0.05) is 12.1 Å². The molecule has 4 nitrogen and oxygen atoms in total. The molecule has 0 saturated carbocycles. The van der Waals surface area contributed by atoms with Crippen LogP contribution in [0, 0.1) is 0 Å². The Hall–Kier alpha value is -1.42.